The van der Waals surface area contributed by atoms with Crippen LogP contribution >= 0.6 is 0 Å². The summed E-state index contributed by atoms with van der Waals surface area (Å²) < 4.78 is 10.8. The van der Waals surface area contributed by atoms with Gasteiger partial charge in [0.25, 0.3) is 0 Å². The molecule has 1 aliphatic rings. The van der Waals surface area contributed by atoms with Crippen molar-refractivity contribution in [2.75, 3.05) is 45.9 Å². The maximum absolute atomic E-state index is 11.7. The largest absolute Gasteiger partial charge is 0.490 e. The zero-order valence-electron chi connectivity index (χ0n) is 14.9. The number of amides is 1. The zero-order valence-corrected chi connectivity index (χ0v) is 14.9. The van der Waals surface area contributed by atoms with Crippen molar-refractivity contribution in [3.8, 4) is 5.75 Å². The van der Waals surface area contributed by atoms with Crippen molar-refractivity contribution in [2.45, 2.75) is 26.9 Å². The summed E-state index contributed by atoms with van der Waals surface area (Å²) in [6, 6.07) is 5.94. The third-order valence-corrected chi connectivity index (χ3v) is 4.51. The molecule has 0 spiro atoms. The van der Waals surface area contributed by atoms with E-state index in [1.807, 2.05) is 39.0 Å². The van der Waals surface area contributed by atoms with E-state index < -0.39 is 6.10 Å². The fourth-order valence-electron chi connectivity index (χ4n) is 2.88. The van der Waals surface area contributed by atoms with Gasteiger partial charge in [0.05, 0.1) is 32.8 Å². The van der Waals surface area contributed by atoms with Gasteiger partial charge in [-0.05, 0) is 38.0 Å². The van der Waals surface area contributed by atoms with E-state index in [9.17, 15) is 9.90 Å². The predicted molar refractivity (Wildman–Crippen MR) is 91.6 cm³/mol. The number of hydrogen-bond acceptors (Lipinski definition) is 4. The molecule has 0 unspecified atom stereocenters. The third kappa shape index (κ3) is 5.11. The van der Waals surface area contributed by atoms with Crippen LogP contribution in [0.3, 0.4) is 0 Å². The van der Waals surface area contributed by atoms with Crippen LogP contribution in [0.15, 0.2) is 18.2 Å². The topological polar surface area (TPSA) is 63.4 Å². The summed E-state index contributed by atoms with van der Waals surface area (Å²) in [5.41, 5.74) is 2.29. The Kier molecular flexibility index (Phi) is 6.87. The minimum Gasteiger partial charge on any atom is -0.490 e. The summed E-state index contributed by atoms with van der Waals surface area (Å²) in [6.07, 6.45) is -0.760. The number of aliphatic hydroxyl groups is 1. The highest BCUT2D eigenvalue weighted by atomic mass is 16.6. The summed E-state index contributed by atoms with van der Waals surface area (Å²) in [6.45, 7) is 10.2. The maximum atomic E-state index is 11.7. The van der Waals surface area contributed by atoms with Crippen LogP contribution in [0, 0.1) is 13.8 Å². The Balaban J connectivity index is 1.73. The number of benzene rings is 1. The fraction of sp³-hybridized carbons (Fsp3) is 0.611. The summed E-state index contributed by atoms with van der Waals surface area (Å²) >= 11 is 0. The molecular formula is C18H29N2O4+. The highest BCUT2D eigenvalue weighted by Crippen LogP contribution is 2.20. The van der Waals surface area contributed by atoms with Gasteiger partial charge in [0.15, 0.2) is 0 Å². The molecule has 2 N–H and O–H groups in total. The second-order valence-electron chi connectivity index (χ2n) is 6.30. The summed E-state index contributed by atoms with van der Waals surface area (Å²) in [5, 5.41) is 10.2. The Hall–Kier alpha value is -1.79. The standard InChI is InChI=1S/C18H28N2O4/c1-4-23-18(22)20-10-8-19(9-11-20)12-16(21)13-24-17-7-5-6-14(2)15(17)3/h5-7,16,21H,4,8-13H2,1-3H3/p+1/t16-/m0/s1. The quantitative estimate of drug-likeness (QED) is 0.789. The highest BCUT2D eigenvalue weighted by molar-refractivity contribution is 5.67. The molecule has 1 aromatic carbocycles. The number of carbonyl (C=O) groups excluding carboxylic acids is 1. The molecule has 0 radical (unpaired) electrons. The predicted octanol–water partition coefficient (Wildman–Crippen LogP) is 0.400. The Morgan fingerprint density at radius 3 is 2.71 bits per heavy atom. The van der Waals surface area contributed by atoms with Gasteiger partial charge < -0.3 is 19.5 Å². The van der Waals surface area contributed by atoms with Crippen LogP contribution < -0.4 is 9.64 Å². The van der Waals surface area contributed by atoms with Gasteiger partial charge in [-0.1, -0.05) is 12.1 Å². The Labute approximate surface area is 144 Å². The molecule has 0 aliphatic carbocycles. The Morgan fingerprint density at radius 1 is 1.33 bits per heavy atom. The van der Waals surface area contributed by atoms with E-state index in [0.717, 1.165) is 24.4 Å². The van der Waals surface area contributed by atoms with Crippen LogP contribution in [-0.2, 0) is 4.74 Å². The number of aryl methyl sites for hydroxylation is 1. The molecule has 2 rings (SSSR count). The number of carbonyl (C=O) groups is 1. The van der Waals surface area contributed by atoms with Gasteiger partial charge in [0, 0.05) is 0 Å². The SMILES string of the molecule is CCOC(=O)N1CC[NH+](C[C@H](O)COc2cccc(C)c2C)CC1. The molecule has 1 aromatic rings. The minimum absolute atomic E-state index is 0.240. The van der Waals surface area contributed by atoms with Gasteiger partial charge in [-0.25, -0.2) is 4.79 Å². The number of quaternary nitrogens is 1. The first kappa shape index (κ1) is 18.5. The average molecular weight is 337 g/mol. The molecule has 6 heteroatoms. The van der Waals surface area contributed by atoms with E-state index in [1.165, 1.54) is 10.5 Å². The number of nitrogens with one attached hydrogen (secondary N) is 1. The van der Waals surface area contributed by atoms with Crippen molar-refractivity contribution >= 4 is 6.09 Å². The van der Waals surface area contributed by atoms with Crippen molar-refractivity contribution < 1.29 is 24.3 Å². The van der Waals surface area contributed by atoms with Gasteiger partial charge in [0.1, 0.15) is 25.0 Å². The molecule has 0 aromatic heterocycles. The Morgan fingerprint density at radius 2 is 2.04 bits per heavy atom. The van der Waals surface area contributed by atoms with Crippen molar-refractivity contribution in [3.63, 3.8) is 0 Å². The van der Waals surface area contributed by atoms with Crippen LogP contribution in [0.4, 0.5) is 4.79 Å². The lowest BCUT2D eigenvalue weighted by molar-refractivity contribution is -0.907. The average Bonchev–Trinajstić information content (AvgIpc) is 2.57. The van der Waals surface area contributed by atoms with Gasteiger partial charge in [-0.3, -0.25) is 4.90 Å². The van der Waals surface area contributed by atoms with E-state index in [2.05, 4.69) is 0 Å². The van der Waals surface area contributed by atoms with E-state index >= 15 is 0 Å². The molecule has 1 fully saturated rings. The summed E-state index contributed by atoms with van der Waals surface area (Å²) in [4.78, 5) is 14.7. The van der Waals surface area contributed by atoms with Gasteiger partial charge in [-0.2, -0.15) is 0 Å². The molecule has 1 amide bonds. The number of aliphatic hydroxyl groups excluding tert-OH is 1. The van der Waals surface area contributed by atoms with Gasteiger partial charge >= 0.3 is 6.09 Å². The second kappa shape index (κ2) is 8.89. The molecule has 0 saturated carbocycles. The lowest BCUT2D eigenvalue weighted by Crippen LogP contribution is -3.16. The number of rotatable bonds is 6. The monoisotopic (exact) mass is 337 g/mol. The van der Waals surface area contributed by atoms with E-state index in [0.29, 0.717) is 26.2 Å². The van der Waals surface area contributed by atoms with Crippen LogP contribution in [0.2, 0.25) is 0 Å². The number of nitrogens with zero attached hydrogens (tertiary/aromatic N) is 1. The molecule has 24 heavy (non-hydrogen) atoms. The normalized spacial score (nSPS) is 16.8. The van der Waals surface area contributed by atoms with Crippen molar-refractivity contribution in [1.82, 2.24) is 4.90 Å². The van der Waals surface area contributed by atoms with Crippen molar-refractivity contribution in [1.29, 1.82) is 0 Å². The number of piperazine rings is 1. The van der Waals surface area contributed by atoms with Gasteiger partial charge in [-0.15, -0.1) is 0 Å². The smallest absolute Gasteiger partial charge is 0.410 e. The molecule has 6 nitrogen and oxygen atoms in total. The molecule has 0 bridgehead atoms. The van der Waals surface area contributed by atoms with Crippen molar-refractivity contribution in [2.24, 2.45) is 0 Å². The van der Waals surface area contributed by atoms with Crippen LogP contribution in [0.5, 0.6) is 5.75 Å². The first-order chi connectivity index (χ1) is 11.5. The van der Waals surface area contributed by atoms with Crippen molar-refractivity contribution in [3.05, 3.63) is 29.3 Å². The van der Waals surface area contributed by atoms with Crippen LogP contribution in [-0.4, -0.2) is 68.1 Å². The molecule has 1 heterocycles. The number of ether oxygens (including phenoxy) is 2. The number of hydrogen-bond donors (Lipinski definition) is 2. The highest BCUT2D eigenvalue weighted by Gasteiger charge is 2.26. The van der Waals surface area contributed by atoms with Crippen LogP contribution in [0.1, 0.15) is 18.1 Å². The molecule has 1 saturated heterocycles. The minimum atomic E-state index is -0.519. The zero-order chi connectivity index (χ0) is 17.5. The van der Waals surface area contributed by atoms with E-state index in [1.54, 1.807) is 4.90 Å². The lowest BCUT2D eigenvalue weighted by atomic mass is 10.1. The first-order valence-electron chi connectivity index (χ1n) is 8.63. The Bertz CT molecular complexity index is 542. The molecular weight excluding hydrogens is 308 g/mol. The second-order valence-corrected chi connectivity index (χ2v) is 6.30. The van der Waals surface area contributed by atoms with Crippen LogP contribution in [0.25, 0.3) is 0 Å². The van der Waals surface area contributed by atoms with Gasteiger partial charge in [0.2, 0.25) is 0 Å². The van der Waals surface area contributed by atoms with E-state index in [-0.39, 0.29) is 12.7 Å². The first-order valence-corrected chi connectivity index (χ1v) is 8.63. The fourth-order valence-corrected chi connectivity index (χ4v) is 2.88. The maximum Gasteiger partial charge on any atom is 0.410 e. The summed E-state index contributed by atoms with van der Waals surface area (Å²) in [5.74, 6) is 0.830. The summed E-state index contributed by atoms with van der Waals surface area (Å²) in [7, 11) is 0. The van der Waals surface area contributed by atoms with E-state index in [4.69, 9.17) is 9.47 Å². The lowest BCUT2D eigenvalue weighted by Gasteiger charge is -2.32. The molecule has 1 atom stereocenters. The molecule has 1 aliphatic heterocycles. The third-order valence-electron chi connectivity index (χ3n) is 4.51. The molecule has 134 valence electrons.